The number of benzene rings is 2. The van der Waals surface area contributed by atoms with Gasteiger partial charge in [-0.2, -0.15) is 0 Å². The highest BCUT2D eigenvalue weighted by Gasteiger charge is 2.27. The molecule has 148 valence electrons. The van der Waals surface area contributed by atoms with Gasteiger partial charge in [0.05, 0.1) is 11.5 Å². The minimum Gasteiger partial charge on any atom is -0.454 e. The molecule has 0 radical (unpaired) electrons. The molecule has 1 saturated heterocycles. The van der Waals surface area contributed by atoms with E-state index in [-0.39, 0.29) is 29.1 Å². The SMILES string of the molecule is C[C@@H]1C(=O)Nc2ccc(C(=O)COC(=O)c3cccc(N4CCCC4=O)c3)cc21. The number of rotatable bonds is 5. The Labute approximate surface area is 167 Å². The number of ketones is 1. The summed E-state index contributed by atoms with van der Waals surface area (Å²) in [5.74, 6) is -1.37. The molecular formula is C22H20N2O5. The van der Waals surface area contributed by atoms with Crippen LogP contribution in [-0.4, -0.2) is 36.7 Å². The van der Waals surface area contributed by atoms with E-state index in [1.165, 1.54) is 0 Å². The number of fused-ring (bicyclic) bond motifs is 1. The predicted molar refractivity (Wildman–Crippen MR) is 106 cm³/mol. The summed E-state index contributed by atoms with van der Waals surface area (Å²) >= 11 is 0. The van der Waals surface area contributed by atoms with Crippen molar-refractivity contribution in [2.45, 2.75) is 25.7 Å². The second-order valence-corrected chi connectivity index (χ2v) is 7.21. The van der Waals surface area contributed by atoms with Crippen LogP contribution in [0.2, 0.25) is 0 Å². The van der Waals surface area contributed by atoms with Crippen molar-refractivity contribution in [2.75, 3.05) is 23.4 Å². The summed E-state index contributed by atoms with van der Waals surface area (Å²) in [5, 5.41) is 2.75. The molecule has 0 saturated carbocycles. The summed E-state index contributed by atoms with van der Waals surface area (Å²) in [4.78, 5) is 50.1. The van der Waals surface area contributed by atoms with Gasteiger partial charge in [-0.05, 0) is 55.3 Å². The maximum atomic E-state index is 12.5. The van der Waals surface area contributed by atoms with Gasteiger partial charge in [-0.1, -0.05) is 6.07 Å². The number of hydrogen-bond donors (Lipinski definition) is 1. The molecule has 2 aromatic carbocycles. The highest BCUT2D eigenvalue weighted by molar-refractivity contribution is 6.05. The first-order valence-electron chi connectivity index (χ1n) is 9.49. The van der Waals surface area contributed by atoms with Gasteiger partial charge in [-0.3, -0.25) is 14.4 Å². The molecule has 0 spiro atoms. The van der Waals surface area contributed by atoms with Crippen LogP contribution in [0.15, 0.2) is 42.5 Å². The lowest BCUT2D eigenvalue weighted by atomic mass is 9.99. The van der Waals surface area contributed by atoms with Crippen LogP contribution in [0.4, 0.5) is 11.4 Å². The van der Waals surface area contributed by atoms with E-state index in [2.05, 4.69) is 5.32 Å². The minimum absolute atomic E-state index is 0.0319. The molecule has 7 heteroatoms. The molecule has 2 aliphatic rings. The quantitative estimate of drug-likeness (QED) is 0.624. The molecule has 0 bridgehead atoms. The van der Waals surface area contributed by atoms with Crippen molar-refractivity contribution in [1.29, 1.82) is 0 Å². The van der Waals surface area contributed by atoms with Crippen LogP contribution in [-0.2, 0) is 14.3 Å². The summed E-state index contributed by atoms with van der Waals surface area (Å²) < 4.78 is 5.18. The molecular weight excluding hydrogens is 372 g/mol. The Morgan fingerprint density at radius 3 is 2.72 bits per heavy atom. The highest BCUT2D eigenvalue weighted by atomic mass is 16.5. The van der Waals surface area contributed by atoms with Crippen molar-refractivity contribution in [3.8, 4) is 0 Å². The van der Waals surface area contributed by atoms with Gasteiger partial charge in [0.1, 0.15) is 0 Å². The largest absolute Gasteiger partial charge is 0.454 e. The van der Waals surface area contributed by atoms with Gasteiger partial charge in [0.25, 0.3) is 0 Å². The molecule has 2 aromatic rings. The smallest absolute Gasteiger partial charge is 0.338 e. The average Bonchev–Trinajstić information content (AvgIpc) is 3.28. The number of carbonyl (C=O) groups is 4. The van der Waals surface area contributed by atoms with Crippen LogP contribution in [0, 0.1) is 0 Å². The molecule has 1 N–H and O–H groups in total. The molecule has 2 heterocycles. The van der Waals surface area contributed by atoms with E-state index in [0.717, 1.165) is 12.0 Å². The summed E-state index contributed by atoms with van der Waals surface area (Å²) in [5.41, 5.74) is 2.78. The Kier molecular flexibility index (Phi) is 4.88. The fourth-order valence-corrected chi connectivity index (χ4v) is 3.61. The molecule has 2 aliphatic heterocycles. The third-order valence-electron chi connectivity index (χ3n) is 5.29. The van der Waals surface area contributed by atoms with Gasteiger partial charge < -0.3 is 15.0 Å². The van der Waals surface area contributed by atoms with Gasteiger partial charge in [-0.25, -0.2) is 4.79 Å². The zero-order valence-electron chi connectivity index (χ0n) is 15.9. The van der Waals surface area contributed by atoms with Gasteiger partial charge in [0.2, 0.25) is 11.8 Å². The first-order valence-corrected chi connectivity index (χ1v) is 9.49. The van der Waals surface area contributed by atoms with E-state index in [0.29, 0.717) is 29.9 Å². The minimum atomic E-state index is -0.627. The molecule has 0 unspecified atom stereocenters. The van der Waals surface area contributed by atoms with Crippen LogP contribution < -0.4 is 10.2 Å². The number of anilines is 2. The van der Waals surface area contributed by atoms with E-state index in [4.69, 9.17) is 4.74 Å². The van der Waals surface area contributed by atoms with Crippen molar-refractivity contribution in [2.24, 2.45) is 0 Å². The van der Waals surface area contributed by atoms with Gasteiger partial charge in [0.15, 0.2) is 12.4 Å². The third-order valence-corrected chi connectivity index (χ3v) is 5.29. The molecule has 1 atom stereocenters. The van der Waals surface area contributed by atoms with Gasteiger partial charge in [0, 0.05) is 29.9 Å². The van der Waals surface area contributed by atoms with E-state index >= 15 is 0 Å². The van der Waals surface area contributed by atoms with Crippen molar-refractivity contribution in [1.82, 2.24) is 0 Å². The molecule has 7 nitrogen and oxygen atoms in total. The number of nitrogens with one attached hydrogen (secondary N) is 1. The van der Waals surface area contributed by atoms with Crippen molar-refractivity contribution >= 4 is 34.9 Å². The molecule has 29 heavy (non-hydrogen) atoms. The number of esters is 1. The Balaban J connectivity index is 1.42. The lowest BCUT2D eigenvalue weighted by Gasteiger charge is -2.16. The lowest BCUT2D eigenvalue weighted by molar-refractivity contribution is -0.117. The third kappa shape index (κ3) is 3.63. The summed E-state index contributed by atoms with van der Waals surface area (Å²) in [6.07, 6.45) is 1.30. The zero-order chi connectivity index (χ0) is 20.5. The van der Waals surface area contributed by atoms with Crippen LogP contribution in [0.25, 0.3) is 0 Å². The summed E-state index contributed by atoms with van der Waals surface area (Å²) in [6.45, 7) is 2.00. The van der Waals surface area contributed by atoms with E-state index in [9.17, 15) is 19.2 Å². The number of Topliss-reactive ketones (excluding diaryl/α,β-unsaturated/α-hetero) is 1. The molecule has 0 aromatic heterocycles. The predicted octanol–water partition coefficient (Wildman–Crippen LogP) is 2.91. The van der Waals surface area contributed by atoms with Crippen LogP contribution in [0.5, 0.6) is 0 Å². The summed E-state index contributed by atoms with van der Waals surface area (Å²) in [6, 6.07) is 11.6. The maximum absolute atomic E-state index is 12.5. The highest BCUT2D eigenvalue weighted by Crippen LogP contribution is 2.32. The number of hydrogen-bond acceptors (Lipinski definition) is 5. The molecule has 0 aliphatic carbocycles. The number of carbonyl (C=O) groups excluding carboxylic acids is 4. The molecule has 1 fully saturated rings. The lowest BCUT2D eigenvalue weighted by Crippen LogP contribution is -2.24. The fraction of sp³-hybridized carbons (Fsp3) is 0.273. The standard InChI is InChI=1S/C22H20N2O5/c1-13-17-11-14(7-8-18(17)23-21(13)27)19(25)12-29-22(28)15-4-2-5-16(10-15)24-9-3-6-20(24)26/h2,4-5,7-8,10-11,13H,3,6,9,12H2,1H3,(H,23,27)/t13-/m0/s1. The number of nitrogens with zero attached hydrogens (tertiary/aromatic N) is 1. The van der Waals surface area contributed by atoms with Gasteiger partial charge >= 0.3 is 5.97 Å². The van der Waals surface area contributed by atoms with Crippen molar-refractivity contribution < 1.29 is 23.9 Å². The summed E-state index contributed by atoms with van der Waals surface area (Å²) in [7, 11) is 0. The normalized spacial score (nSPS) is 17.8. The maximum Gasteiger partial charge on any atom is 0.338 e. The van der Waals surface area contributed by atoms with Crippen molar-refractivity contribution in [3.05, 3.63) is 59.2 Å². The van der Waals surface area contributed by atoms with Crippen LogP contribution in [0.3, 0.4) is 0 Å². The fourth-order valence-electron chi connectivity index (χ4n) is 3.61. The zero-order valence-corrected chi connectivity index (χ0v) is 15.9. The monoisotopic (exact) mass is 392 g/mol. The second kappa shape index (κ2) is 7.50. The molecule has 2 amide bonds. The van der Waals surface area contributed by atoms with Crippen LogP contribution in [0.1, 0.15) is 52.0 Å². The van der Waals surface area contributed by atoms with Gasteiger partial charge in [-0.15, -0.1) is 0 Å². The first-order chi connectivity index (χ1) is 13.9. The van der Waals surface area contributed by atoms with E-state index < -0.39 is 12.6 Å². The Morgan fingerprint density at radius 2 is 1.97 bits per heavy atom. The Hall–Kier alpha value is -3.48. The first kappa shape index (κ1) is 18.9. The number of amides is 2. The van der Waals surface area contributed by atoms with Crippen molar-refractivity contribution in [3.63, 3.8) is 0 Å². The van der Waals surface area contributed by atoms with E-state index in [1.54, 1.807) is 54.3 Å². The second-order valence-electron chi connectivity index (χ2n) is 7.21. The van der Waals surface area contributed by atoms with E-state index in [1.807, 2.05) is 0 Å². The van der Waals surface area contributed by atoms with Crippen LogP contribution >= 0.6 is 0 Å². The Bertz CT molecular complexity index is 1030. The average molecular weight is 392 g/mol. The Morgan fingerprint density at radius 1 is 1.14 bits per heavy atom. The number of ether oxygens (including phenoxy) is 1. The topological polar surface area (TPSA) is 92.8 Å². The molecule has 4 rings (SSSR count).